The van der Waals surface area contributed by atoms with Crippen molar-refractivity contribution < 1.29 is 9.53 Å². The van der Waals surface area contributed by atoms with Crippen LogP contribution in [0.2, 0.25) is 5.02 Å². The van der Waals surface area contributed by atoms with Gasteiger partial charge in [-0.25, -0.2) is 0 Å². The standard InChI is InChI=1S/C12H15ClO2/c1-3-9(2)8-15-12-5-4-11(13)6-10(12)7-14/h4-7,9H,3,8H2,1-2H3. The van der Waals surface area contributed by atoms with E-state index in [4.69, 9.17) is 16.3 Å². The zero-order chi connectivity index (χ0) is 11.3. The van der Waals surface area contributed by atoms with Crippen molar-refractivity contribution in [2.45, 2.75) is 20.3 Å². The van der Waals surface area contributed by atoms with Gasteiger partial charge in [0.15, 0.2) is 6.29 Å². The highest BCUT2D eigenvalue weighted by Gasteiger charge is 2.05. The van der Waals surface area contributed by atoms with E-state index < -0.39 is 0 Å². The van der Waals surface area contributed by atoms with Gasteiger partial charge in [-0.05, 0) is 24.1 Å². The molecule has 0 spiro atoms. The van der Waals surface area contributed by atoms with E-state index in [0.717, 1.165) is 12.7 Å². The molecule has 0 N–H and O–H groups in total. The predicted octanol–water partition coefficient (Wildman–Crippen LogP) is 3.58. The second-order valence-corrected chi connectivity index (χ2v) is 4.06. The van der Waals surface area contributed by atoms with E-state index in [1.165, 1.54) is 0 Å². The molecule has 0 aliphatic rings. The SMILES string of the molecule is CCC(C)COc1ccc(Cl)cc1C=O. The third-order valence-electron chi connectivity index (χ3n) is 2.32. The lowest BCUT2D eigenvalue weighted by Gasteiger charge is -2.12. The number of hydrogen-bond acceptors (Lipinski definition) is 2. The predicted molar refractivity (Wildman–Crippen MR) is 61.8 cm³/mol. The number of ether oxygens (including phenoxy) is 1. The van der Waals surface area contributed by atoms with Gasteiger partial charge in [0.2, 0.25) is 0 Å². The van der Waals surface area contributed by atoms with E-state index >= 15 is 0 Å². The number of benzene rings is 1. The molecule has 0 saturated carbocycles. The fourth-order valence-electron chi connectivity index (χ4n) is 1.09. The maximum Gasteiger partial charge on any atom is 0.153 e. The van der Waals surface area contributed by atoms with Crippen molar-refractivity contribution in [3.8, 4) is 5.75 Å². The zero-order valence-corrected chi connectivity index (χ0v) is 9.75. The van der Waals surface area contributed by atoms with Crippen molar-refractivity contribution in [1.82, 2.24) is 0 Å². The van der Waals surface area contributed by atoms with Crippen LogP contribution in [-0.4, -0.2) is 12.9 Å². The van der Waals surface area contributed by atoms with Crippen molar-refractivity contribution in [2.75, 3.05) is 6.61 Å². The first-order chi connectivity index (χ1) is 7.17. The topological polar surface area (TPSA) is 26.3 Å². The minimum absolute atomic E-state index is 0.486. The Morgan fingerprint density at radius 2 is 2.27 bits per heavy atom. The summed E-state index contributed by atoms with van der Waals surface area (Å²) in [4.78, 5) is 10.8. The summed E-state index contributed by atoms with van der Waals surface area (Å²) in [6.07, 6.45) is 1.82. The monoisotopic (exact) mass is 226 g/mol. The van der Waals surface area contributed by atoms with Gasteiger partial charge in [-0.15, -0.1) is 0 Å². The van der Waals surface area contributed by atoms with Gasteiger partial charge in [-0.2, -0.15) is 0 Å². The molecular weight excluding hydrogens is 212 g/mol. The van der Waals surface area contributed by atoms with Gasteiger partial charge in [0.1, 0.15) is 5.75 Å². The molecule has 0 aromatic heterocycles. The summed E-state index contributed by atoms with van der Waals surface area (Å²) in [5, 5.41) is 0.549. The van der Waals surface area contributed by atoms with E-state index in [9.17, 15) is 4.79 Å². The molecule has 0 aliphatic heterocycles. The summed E-state index contributed by atoms with van der Waals surface area (Å²) in [5.74, 6) is 1.09. The van der Waals surface area contributed by atoms with Crippen LogP contribution in [0.15, 0.2) is 18.2 Å². The van der Waals surface area contributed by atoms with Crippen LogP contribution < -0.4 is 4.74 Å². The molecule has 1 aromatic carbocycles. The maximum absolute atomic E-state index is 10.8. The molecule has 1 atom stereocenters. The van der Waals surface area contributed by atoms with Crippen molar-refractivity contribution in [3.63, 3.8) is 0 Å². The normalized spacial score (nSPS) is 12.2. The van der Waals surface area contributed by atoms with Gasteiger partial charge < -0.3 is 4.74 Å². The molecule has 0 fully saturated rings. The summed E-state index contributed by atoms with van der Waals surface area (Å²) in [5.41, 5.74) is 0.505. The second kappa shape index (κ2) is 5.76. The first-order valence-electron chi connectivity index (χ1n) is 5.05. The van der Waals surface area contributed by atoms with Crippen molar-refractivity contribution in [3.05, 3.63) is 28.8 Å². The summed E-state index contributed by atoms with van der Waals surface area (Å²) in [6, 6.07) is 5.06. The van der Waals surface area contributed by atoms with E-state index in [-0.39, 0.29) is 0 Å². The molecular formula is C12H15ClO2. The number of hydrogen-bond donors (Lipinski definition) is 0. The minimum Gasteiger partial charge on any atom is -0.493 e. The minimum atomic E-state index is 0.486. The fourth-order valence-corrected chi connectivity index (χ4v) is 1.27. The molecule has 0 amide bonds. The molecule has 15 heavy (non-hydrogen) atoms. The van der Waals surface area contributed by atoms with Crippen LogP contribution in [0, 0.1) is 5.92 Å². The van der Waals surface area contributed by atoms with Crippen molar-refractivity contribution in [2.24, 2.45) is 5.92 Å². The first-order valence-corrected chi connectivity index (χ1v) is 5.42. The van der Waals surface area contributed by atoms with Crippen LogP contribution in [0.1, 0.15) is 30.6 Å². The lowest BCUT2D eigenvalue weighted by molar-refractivity contribution is 0.111. The number of aldehydes is 1. The van der Waals surface area contributed by atoms with Gasteiger partial charge in [0.25, 0.3) is 0 Å². The van der Waals surface area contributed by atoms with Gasteiger partial charge in [-0.1, -0.05) is 31.9 Å². The number of carbonyl (C=O) groups is 1. The second-order valence-electron chi connectivity index (χ2n) is 3.62. The largest absolute Gasteiger partial charge is 0.493 e. The number of halogens is 1. The average molecular weight is 227 g/mol. The third kappa shape index (κ3) is 3.56. The van der Waals surface area contributed by atoms with Gasteiger partial charge in [-0.3, -0.25) is 4.79 Å². The van der Waals surface area contributed by atoms with Crippen LogP contribution >= 0.6 is 11.6 Å². The molecule has 1 rings (SSSR count). The van der Waals surface area contributed by atoms with Gasteiger partial charge in [0, 0.05) is 5.02 Å². The molecule has 2 nitrogen and oxygen atoms in total. The average Bonchev–Trinajstić information content (AvgIpc) is 2.26. The molecule has 1 aromatic rings. The smallest absolute Gasteiger partial charge is 0.153 e. The summed E-state index contributed by atoms with van der Waals surface area (Å²) in [7, 11) is 0. The van der Waals surface area contributed by atoms with Crippen LogP contribution in [0.4, 0.5) is 0 Å². The highest BCUT2D eigenvalue weighted by molar-refractivity contribution is 6.30. The van der Waals surface area contributed by atoms with E-state index in [0.29, 0.717) is 28.9 Å². The summed E-state index contributed by atoms with van der Waals surface area (Å²) in [6.45, 7) is 4.84. The number of rotatable bonds is 5. The lowest BCUT2D eigenvalue weighted by Crippen LogP contribution is -2.08. The van der Waals surface area contributed by atoms with Gasteiger partial charge >= 0.3 is 0 Å². The molecule has 1 unspecified atom stereocenters. The lowest BCUT2D eigenvalue weighted by atomic mass is 10.1. The quantitative estimate of drug-likeness (QED) is 0.718. The molecule has 0 heterocycles. The Morgan fingerprint density at radius 3 is 2.87 bits per heavy atom. The highest BCUT2D eigenvalue weighted by Crippen LogP contribution is 2.22. The number of carbonyl (C=O) groups excluding carboxylic acids is 1. The summed E-state index contributed by atoms with van der Waals surface area (Å²) >= 11 is 5.77. The third-order valence-corrected chi connectivity index (χ3v) is 2.55. The van der Waals surface area contributed by atoms with E-state index in [1.54, 1.807) is 18.2 Å². The molecule has 0 aliphatic carbocycles. The van der Waals surface area contributed by atoms with E-state index in [1.807, 2.05) is 0 Å². The van der Waals surface area contributed by atoms with Crippen LogP contribution in [0.3, 0.4) is 0 Å². The van der Waals surface area contributed by atoms with Crippen LogP contribution in [0.5, 0.6) is 5.75 Å². The Labute approximate surface area is 95.2 Å². The van der Waals surface area contributed by atoms with Crippen LogP contribution in [0.25, 0.3) is 0 Å². The van der Waals surface area contributed by atoms with Crippen molar-refractivity contribution >= 4 is 17.9 Å². The Morgan fingerprint density at radius 1 is 1.53 bits per heavy atom. The maximum atomic E-state index is 10.8. The summed E-state index contributed by atoms with van der Waals surface area (Å²) < 4.78 is 5.55. The van der Waals surface area contributed by atoms with Gasteiger partial charge in [0.05, 0.1) is 12.2 Å². The highest BCUT2D eigenvalue weighted by atomic mass is 35.5. The molecule has 0 saturated heterocycles. The first kappa shape index (κ1) is 12.1. The fraction of sp³-hybridized carbons (Fsp3) is 0.417. The van der Waals surface area contributed by atoms with E-state index in [2.05, 4.69) is 13.8 Å². The molecule has 82 valence electrons. The molecule has 0 radical (unpaired) electrons. The zero-order valence-electron chi connectivity index (χ0n) is 9.00. The Hall–Kier alpha value is -1.02. The van der Waals surface area contributed by atoms with Crippen LogP contribution in [-0.2, 0) is 0 Å². The Kier molecular flexibility index (Phi) is 4.63. The molecule has 3 heteroatoms. The molecule has 0 bridgehead atoms. The Balaban J connectivity index is 2.72. The van der Waals surface area contributed by atoms with Crippen molar-refractivity contribution in [1.29, 1.82) is 0 Å². The Bertz CT molecular complexity index is 336.